The van der Waals surface area contributed by atoms with E-state index >= 15 is 0 Å². The van der Waals surface area contributed by atoms with E-state index in [1.807, 2.05) is 32.0 Å². The number of benzene rings is 1. The second-order valence-electron chi connectivity index (χ2n) is 6.36. The highest BCUT2D eigenvalue weighted by Gasteiger charge is 2.19. The van der Waals surface area contributed by atoms with Gasteiger partial charge >= 0.3 is 0 Å². The van der Waals surface area contributed by atoms with Crippen LogP contribution in [0.5, 0.6) is 0 Å². The van der Waals surface area contributed by atoms with E-state index in [0.29, 0.717) is 17.1 Å². The number of hydrogen-bond donors (Lipinski definition) is 1. The molecule has 2 aromatic heterocycles. The highest BCUT2D eigenvalue weighted by molar-refractivity contribution is 6.07. The van der Waals surface area contributed by atoms with Gasteiger partial charge in [-0.05, 0) is 39.0 Å². The molecule has 0 aliphatic rings. The third-order valence-electron chi connectivity index (χ3n) is 3.95. The molecule has 0 spiro atoms. The molecule has 0 atom stereocenters. The number of amides is 2. The van der Waals surface area contributed by atoms with Crippen LogP contribution < -0.4 is 5.32 Å². The summed E-state index contributed by atoms with van der Waals surface area (Å²) in [4.78, 5) is 30.9. The first-order valence-corrected chi connectivity index (χ1v) is 8.20. The van der Waals surface area contributed by atoms with Gasteiger partial charge in [0.2, 0.25) is 5.91 Å². The Morgan fingerprint density at radius 1 is 1.15 bits per heavy atom. The first-order chi connectivity index (χ1) is 12.3. The van der Waals surface area contributed by atoms with Crippen molar-refractivity contribution in [3.05, 3.63) is 52.9 Å². The number of pyridine rings is 1. The Kier molecular flexibility index (Phi) is 4.71. The molecule has 1 N–H and O–H groups in total. The number of aromatic nitrogens is 2. The minimum absolute atomic E-state index is 0.0978. The zero-order valence-corrected chi connectivity index (χ0v) is 15.2. The zero-order chi connectivity index (χ0) is 18.8. The molecular formula is C19H20N4O3. The Bertz CT molecular complexity index is 994. The van der Waals surface area contributed by atoms with E-state index in [1.54, 1.807) is 26.1 Å². The smallest absolute Gasteiger partial charge is 0.254 e. The van der Waals surface area contributed by atoms with Gasteiger partial charge in [-0.25, -0.2) is 0 Å². The van der Waals surface area contributed by atoms with E-state index in [-0.39, 0.29) is 18.4 Å². The number of carbonyl (C=O) groups is 2. The molecule has 0 saturated heterocycles. The molecule has 26 heavy (non-hydrogen) atoms. The summed E-state index contributed by atoms with van der Waals surface area (Å²) in [6.45, 7) is 5.44. The van der Waals surface area contributed by atoms with E-state index in [1.165, 1.54) is 4.90 Å². The molecule has 0 bridgehead atoms. The number of fused-ring (bicyclic) bond motifs is 1. The number of anilines is 1. The number of likely N-dealkylation sites (N-methyl/N-ethyl adjacent to an activating group) is 1. The second-order valence-corrected chi connectivity index (χ2v) is 6.36. The third-order valence-corrected chi connectivity index (χ3v) is 3.95. The summed E-state index contributed by atoms with van der Waals surface area (Å²) in [7, 11) is 1.59. The number of hydrogen-bond acceptors (Lipinski definition) is 5. The van der Waals surface area contributed by atoms with E-state index in [0.717, 1.165) is 22.2 Å². The SMILES string of the molecule is Cc1ccc2nc(C)cc(C(=O)N(C)CC(=O)Nc3cc(C)on3)c2c1. The van der Waals surface area contributed by atoms with E-state index in [9.17, 15) is 9.59 Å². The van der Waals surface area contributed by atoms with Crippen molar-refractivity contribution in [1.82, 2.24) is 15.0 Å². The van der Waals surface area contributed by atoms with Crippen LogP contribution in [0.3, 0.4) is 0 Å². The van der Waals surface area contributed by atoms with Crippen LogP contribution in [-0.2, 0) is 4.79 Å². The fourth-order valence-corrected chi connectivity index (χ4v) is 2.75. The molecule has 0 radical (unpaired) electrons. The summed E-state index contributed by atoms with van der Waals surface area (Å²) in [6, 6.07) is 9.15. The van der Waals surface area contributed by atoms with Crippen LogP contribution in [0.4, 0.5) is 5.82 Å². The van der Waals surface area contributed by atoms with Gasteiger partial charge in [0.25, 0.3) is 5.91 Å². The molecule has 2 amide bonds. The quantitative estimate of drug-likeness (QED) is 0.780. The van der Waals surface area contributed by atoms with Crippen molar-refractivity contribution >= 4 is 28.5 Å². The van der Waals surface area contributed by atoms with Crippen molar-refractivity contribution < 1.29 is 14.1 Å². The van der Waals surface area contributed by atoms with Gasteiger partial charge in [-0.15, -0.1) is 0 Å². The topological polar surface area (TPSA) is 88.3 Å². The van der Waals surface area contributed by atoms with E-state index in [2.05, 4.69) is 15.5 Å². The van der Waals surface area contributed by atoms with Gasteiger partial charge in [-0.2, -0.15) is 0 Å². The van der Waals surface area contributed by atoms with Crippen LogP contribution in [0.15, 0.2) is 34.9 Å². The average Bonchev–Trinajstić information content (AvgIpc) is 2.98. The summed E-state index contributed by atoms with van der Waals surface area (Å²) in [5.41, 5.74) is 3.08. The van der Waals surface area contributed by atoms with Crippen molar-refractivity contribution in [1.29, 1.82) is 0 Å². The molecule has 7 heteroatoms. The van der Waals surface area contributed by atoms with E-state index in [4.69, 9.17) is 4.52 Å². The minimum Gasteiger partial charge on any atom is -0.360 e. The van der Waals surface area contributed by atoms with Gasteiger partial charge in [-0.3, -0.25) is 14.6 Å². The lowest BCUT2D eigenvalue weighted by Gasteiger charge is -2.18. The van der Waals surface area contributed by atoms with Crippen LogP contribution in [0.1, 0.15) is 27.4 Å². The van der Waals surface area contributed by atoms with Crippen LogP contribution in [0.2, 0.25) is 0 Å². The molecule has 1 aromatic carbocycles. The highest BCUT2D eigenvalue weighted by Crippen LogP contribution is 2.21. The average molecular weight is 352 g/mol. The first-order valence-electron chi connectivity index (χ1n) is 8.20. The maximum absolute atomic E-state index is 12.9. The van der Waals surface area contributed by atoms with Crippen LogP contribution >= 0.6 is 0 Å². The van der Waals surface area contributed by atoms with Crippen molar-refractivity contribution in [2.75, 3.05) is 18.9 Å². The largest absolute Gasteiger partial charge is 0.360 e. The Hall–Kier alpha value is -3.22. The minimum atomic E-state index is -0.347. The van der Waals surface area contributed by atoms with Crippen molar-refractivity contribution in [3.8, 4) is 0 Å². The fourth-order valence-electron chi connectivity index (χ4n) is 2.75. The molecule has 0 aliphatic carbocycles. The third kappa shape index (κ3) is 3.72. The van der Waals surface area contributed by atoms with Gasteiger partial charge in [0.05, 0.1) is 17.6 Å². The number of nitrogens with one attached hydrogen (secondary N) is 1. The molecule has 0 fully saturated rings. The standard InChI is InChI=1S/C19H20N4O3/c1-11-5-6-16-14(7-11)15(8-12(2)20-16)19(25)23(4)10-18(24)21-17-9-13(3)26-22-17/h5-9H,10H2,1-4H3,(H,21,22,24). The second kappa shape index (κ2) is 6.95. The van der Waals surface area contributed by atoms with Crippen LogP contribution in [0.25, 0.3) is 10.9 Å². The fraction of sp³-hybridized carbons (Fsp3) is 0.263. The van der Waals surface area contributed by atoms with Gasteiger partial charge in [-0.1, -0.05) is 16.8 Å². The summed E-state index contributed by atoms with van der Waals surface area (Å²) in [5.74, 6) is 0.339. The van der Waals surface area contributed by atoms with Gasteiger partial charge in [0.1, 0.15) is 5.76 Å². The predicted octanol–water partition coefficient (Wildman–Crippen LogP) is 2.86. The van der Waals surface area contributed by atoms with Gasteiger partial charge in [0, 0.05) is 24.2 Å². The molecule has 7 nitrogen and oxygen atoms in total. The molecule has 2 heterocycles. The first kappa shape index (κ1) is 17.6. The number of aryl methyl sites for hydroxylation is 3. The predicted molar refractivity (Wildman–Crippen MR) is 98.0 cm³/mol. The molecular weight excluding hydrogens is 332 g/mol. The van der Waals surface area contributed by atoms with Gasteiger partial charge < -0.3 is 14.7 Å². The summed E-state index contributed by atoms with van der Waals surface area (Å²) in [6.07, 6.45) is 0. The maximum Gasteiger partial charge on any atom is 0.254 e. The lowest BCUT2D eigenvalue weighted by atomic mass is 10.0. The van der Waals surface area contributed by atoms with Crippen LogP contribution in [0, 0.1) is 20.8 Å². The lowest BCUT2D eigenvalue weighted by Crippen LogP contribution is -2.35. The van der Waals surface area contributed by atoms with Crippen molar-refractivity contribution in [3.63, 3.8) is 0 Å². The number of nitrogens with zero attached hydrogens (tertiary/aromatic N) is 3. The number of rotatable bonds is 4. The molecule has 0 unspecified atom stereocenters. The van der Waals surface area contributed by atoms with Crippen LogP contribution in [-0.4, -0.2) is 40.4 Å². The monoisotopic (exact) mass is 352 g/mol. The Balaban J connectivity index is 1.81. The lowest BCUT2D eigenvalue weighted by molar-refractivity contribution is -0.116. The maximum atomic E-state index is 12.9. The highest BCUT2D eigenvalue weighted by atomic mass is 16.5. The van der Waals surface area contributed by atoms with Crippen molar-refractivity contribution in [2.45, 2.75) is 20.8 Å². The molecule has 134 valence electrons. The Labute approximate surface area is 151 Å². The summed E-state index contributed by atoms with van der Waals surface area (Å²) < 4.78 is 4.91. The Morgan fingerprint density at radius 2 is 1.92 bits per heavy atom. The summed E-state index contributed by atoms with van der Waals surface area (Å²) >= 11 is 0. The number of carbonyl (C=O) groups excluding carboxylic acids is 2. The Morgan fingerprint density at radius 3 is 2.62 bits per heavy atom. The molecule has 0 saturated carbocycles. The zero-order valence-electron chi connectivity index (χ0n) is 15.2. The van der Waals surface area contributed by atoms with Gasteiger partial charge in [0.15, 0.2) is 5.82 Å². The molecule has 0 aliphatic heterocycles. The molecule has 3 aromatic rings. The van der Waals surface area contributed by atoms with Crippen molar-refractivity contribution in [2.24, 2.45) is 0 Å². The summed E-state index contributed by atoms with van der Waals surface area (Å²) in [5, 5.41) is 7.10. The van der Waals surface area contributed by atoms with E-state index < -0.39 is 0 Å². The molecule has 3 rings (SSSR count). The normalized spacial score (nSPS) is 10.8.